The number of carbonyl (C=O) groups excluding carboxylic acids is 1. The Morgan fingerprint density at radius 3 is 3.04 bits per heavy atom. The minimum atomic E-state index is -0.0161. The maximum atomic E-state index is 12.2. The molecule has 1 fully saturated rings. The molecule has 1 atom stereocenters. The standard InChI is InChI=1S/C15H20N6O2/c1-19(2)15-13(4-3-6-16-15)23-12-5-8-20(10-12)14(22)11-21-9-7-17-18-21/h3-4,6-7,9,12H,5,8,10-11H2,1-2H3. The van der Waals surface area contributed by atoms with Crippen molar-refractivity contribution in [2.75, 3.05) is 32.1 Å². The van der Waals surface area contributed by atoms with Crippen LogP contribution in [0.25, 0.3) is 0 Å². The molecule has 2 aromatic heterocycles. The summed E-state index contributed by atoms with van der Waals surface area (Å²) < 4.78 is 7.58. The third-order valence-corrected chi connectivity index (χ3v) is 3.74. The lowest BCUT2D eigenvalue weighted by Crippen LogP contribution is -2.33. The van der Waals surface area contributed by atoms with Crippen LogP contribution in [0.5, 0.6) is 5.75 Å². The van der Waals surface area contributed by atoms with Gasteiger partial charge in [0.05, 0.1) is 12.7 Å². The molecule has 0 aliphatic carbocycles. The normalized spacial score (nSPS) is 17.3. The van der Waals surface area contributed by atoms with Crippen molar-refractivity contribution in [2.24, 2.45) is 0 Å². The van der Waals surface area contributed by atoms with E-state index in [9.17, 15) is 4.79 Å². The van der Waals surface area contributed by atoms with Crippen molar-refractivity contribution in [3.63, 3.8) is 0 Å². The Morgan fingerprint density at radius 2 is 2.30 bits per heavy atom. The number of aromatic nitrogens is 4. The number of pyridine rings is 1. The van der Waals surface area contributed by atoms with Gasteiger partial charge in [0.1, 0.15) is 12.6 Å². The van der Waals surface area contributed by atoms with Crippen molar-refractivity contribution in [2.45, 2.75) is 19.1 Å². The van der Waals surface area contributed by atoms with Gasteiger partial charge in [0, 0.05) is 39.5 Å². The maximum Gasteiger partial charge on any atom is 0.244 e. The van der Waals surface area contributed by atoms with Gasteiger partial charge >= 0.3 is 0 Å². The molecule has 122 valence electrons. The second kappa shape index (κ2) is 6.64. The Balaban J connectivity index is 1.59. The van der Waals surface area contributed by atoms with E-state index in [-0.39, 0.29) is 18.6 Å². The summed E-state index contributed by atoms with van der Waals surface area (Å²) in [5.74, 6) is 1.56. The Morgan fingerprint density at radius 1 is 1.43 bits per heavy atom. The van der Waals surface area contributed by atoms with Crippen LogP contribution in [0, 0.1) is 0 Å². The Labute approximate surface area is 134 Å². The molecular weight excluding hydrogens is 296 g/mol. The molecule has 2 aromatic rings. The van der Waals surface area contributed by atoms with Crippen molar-refractivity contribution >= 4 is 11.7 Å². The summed E-state index contributed by atoms with van der Waals surface area (Å²) in [6.07, 6.45) is 5.78. The lowest BCUT2D eigenvalue weighted by Gasteiger charge is -2.20. The fourth-order valence-electron chi connectivity index (χ4n) is 2.60. The van der Waals surface area contributed by atoms with Gasteiger partial charge in [0.25, 0.3) is 0 Å². The molecule has 3 rings (SSSR count). The van der Waals surface area contributed by atoms with Gasteiger partial charge in [-0.3, -0.25) is 4.79 Å². The molecule has 8 nitrogen and oxygen atoms in total. The van der Waals surface area contributed by atoms with E-state index in [4.69, 9.17) is 4.74 Å². The van der Waals surface area contributed by atoms with Gasteiger partial charge in [0.15, 0.2) is 11.6 Å². The Hall–Kier alpha value is -2.64. The van der Waals surface area contributed by atoms with Crippen LogP contribution in [-0.2, 0) is 11.3 Å². The molecule has 1 unspecified atom stereocenters. The fraction of sp³-hybridized carbons (Fsp3) is 0.467. The van der Waals surface area contributed by atoms with Crippen LogP contribution in [-0.4, -0.2) is 64.1 Å². The van der Waals surface area contributed by atoms with Crippen LogP contribution in [0.3, 0.4) is 0 Å². The molecule has 0 saturated carbocycles. The van der Waals surface area contributed by atoms with Crippen molar-refractivity contribution in [3.8, 4) is 5.75 Å². The molecule has 0 radical (unpaired) electrons. The number of carbonyl (C=O) groups is 1. The van der Waals surface area contributed by atoms with Crippen molar-refractivity contribution in [1.29, 1.82) is 0 Å². The monoisotopic (exact) mass is 316 g/mol. The molecule has 0 spiro atoms. The number of hydrogen-bond acceptors (Lipinski definition) is 6. The average Bonchev–Trinajstić information content (AvgIpc) is 3.19. The molecule has 8 heteroatoms. The highest BCUT2D eigenvalue weighted by Gasteiger charge is 2.28. The lowest BCUT2D eigenvalue weighted by atomic mass is 10.3. The first kappa shape index (κ1) is 15.3. The van der Waals surface area contributed by atoms with Crippen LogP contribution in [0.4, 0.5) is 5.82 Å². The van der Waals surface area contributed by atoms with Crippen LogP contribution < -0.4 is 9.64 Å². The Kier molecular flexibility index (Phi) is 4.40. The largest absolute Gasteiger partial charge is 0.485 e. The first-order valence-electron chi connectivity index (χ1n) is 7.54. The molecule has 0 N–H and O–H groups in total. The van der Waals surface area contributed by atoms with E-state index in [1.165, 1.54) is 4.68 Å². The molecule has 1 aliphatic rings. The molecule has 0 aromatic carbocycles. The third kappa shape index (κ3) is 3.58. The van der Waals surface area contributed by atoms with Gasteiger partial charge < -0.3 is 14.5 Å². The van der Waals surface area contributed by atoms with E-state index < -0.39 is 0 Å². The van der Waals surface area contributed by atoms with E-state index in [2.05, 4.69) is 15.3 Å². The zero-order valence-electron chi connectivity index (χ0n) is 13.3. The molecule has 3 heterocycles. The molecule has 1 saturated heterocycles. The second-order valence-corrected chi connectivity index (χ2v) is 5.69. The molecular formula is C15H20N6O2. The number of amides is 1. The number of ether oxygens (including phenoxy) is 1. The summed E-state index contributed by atoms with van der Waals surface area (Å²) in [6.45, 7) is 1.48. The molecule has 1 aliphatic heterocycles. The van der Waals surface area contributed by atoms with Crippen LogP contribution in [0.2, 0.25) is 0 Å². The molecule has 0 bridgehead atoms. The summed E-state index contributed by atoms with van der Waals surface area (Å²) in [5.41, 5.74) is 0. The average molecular weight is 316 g/mol. The van der Waals surface area contributed by atoms with Gasteiger partial charge in [-0.2, -0.15) is 0 Å². The van der Waals surface area contributed by atoms with E-state index in [1.807, 2.05) is 31.1 Å². The van der Waals surface area contributed by atoms with E-state index >= 15 is 0 Å². The van der Waals surface area contributed by atoms with Crippen molar-refractivity contribution < 1.29 is 9.53 Å². The zero-order valence-corrected chi connectivity index (χ0v) is 13.3. The highest BCUT2D eigenvalue weighted by atomic mass is 16.5. The van der Waals surface area contributed by atoms with Crippen LogP contribution >= 0.6 is 0 Å². The van der Waals surface area contributed by atoms with Crippen LogP contribution in [0.1, 0.15) is 6.42 Å². The quantitative estimate of drug-likeness (QED) is 0.796. The summed E-state index contributed by atoms with van der Waals surface area (Å²) in [7, 11) is 3.86. The number of hydrogen-bond donors (Lipinski definition) is 0. The predicted molar refractivity (Wildman–Crippen MR) is 84.2 cm³/mol. The van der Waals surface area contributed by atoms with E-state index in [1.54, 1.807) is 23.5 Å². The number of rotatable bonds is 5. The summed E-state index contributed by atoms with van der Waals surface area (Å²) in [6, 6.07) is 3.76. The van der Waals surface area contributed by atoms with Gasteiger partial charge in [-0.25, -0.2) is 9.67 Å². The number of nitrogens with zero attached hydrogens (tertiary/aromatic N) is 6. The smallest absolute Gasteiger partial charge is 0.244 e. The second-order valence-electron chi connectivity index (χ2n) is 5.69. The lowest BCUT2D eigenvalue weighted by molar-refractivity contribution is -0.131. The maximum absolute atomic E-state index is 12.2. The first-order valence-corrected chi connectivity index (χ1v) is 7.54. The highest BCUT2D eigenvalue weighted by molar-refractivity contribution is 5.76. The van der Waals surface area contributed by atoms with Gasteiger partial charge in [-0.05, 0) is 12.1 Å². The summed E-state index contributed by atoms with van der Waals surface area (Å²) >= 11 is 0. The molecule has 1 amide bonds. The van der Waals surface area contributed by atoms with E-state index in [0.29, 0.717) is 13.1 Å². The first-order chi connectivity index (χ1) is 11.1. The number of anilines is 1. The van der Waals surface area contributed by atoms with Gasteiger partial charge in [-0.1, -0.05) is 5.21 Å². The SMILES string of the molecule is CN(C)c1ncccc1OC1CCN(C(=O)Cn2ccnn2)C1. The Bertz CT molecular complexity index is 658. The fourth-order valence-corrected chi connectivity index (χ4v) is 2.60. The topological polar surface area (TPSA) is 76.4 Å². The summed E-state index contributed by atoms with van der Waals surface area (Å²) in [4.78, 5) is 20.3. The highest BCUT2D eigenvalue weighted by Crippen LogP contribution is 2.26. The molecule has 23 heavy (non-hydrogen) atoms. The van der Waals surface area contributed by atoms with Gasteiger partial charge in [-0.15, -0.1) is 5.10 Å². The third-order valence-electron chi connectivity index (χ3n) is 3.74. The van der Waals surface area contributed by atoms with Crippen molar-refractivity contribution in [3.05, 3.63) is 30.7 Å². The summed E-state index contributed by atoms with van der Waals surface area (Å²) in [5, 5.41) is 7.52. The minimum absolute atomic E-state index is 0.0161. The minimum Gasteiger partial charge on any atom is -0.485 e. The van der Waals surface area contributed by atoms with E-state index in [0.717, 1.165) is 18.0 Å². The zero-order chi connectivity index (χ0) is 16.2. The predicted octanol–water partition coefficient (Wildman–Crippen LogP) is 0.419. The van der Waals surface area contributed by atoms with Gasteiger partial charge in [0.2, 0.25) is 5.91 Å². The van der Waals surface area contributed by atoms with Crippen molar-refractivity contribution in [1.82, 2.24) is 24.9 Å². The number of likely N-dealkylation sites (tertiary alicyclic amines) is 1. The van der Waals surface area contributed by atoms with Crippen LogP contribution in [0.15, 0.2) is 30.7 Å².